The molecule has 9 heteroatoms. The molecule has 8 nitrogen and oxygen atoms in total. The number of hydrazine groups is 1. The molecule has 3 aromatic rings. The van der Waals surface area contributed by atoms with Gasteiger partial charge >= 0.3 is 0 Å². The minimum Gasteiger partial charge on any atom is -0.481 e. The van der Waals surface area contributed by atoms with Crippen LogP contribution in [0.2, 0.25) is 0 Å². The van der Waals surface area contributed by atoms with Crippen LogP contribution in [0.3, 0.4) is 0 Å². The number of hydrogen-bond acceptors (Lipinski definition) is 8. The van der Waals surface area contributed by atoms with Crippen molar-refractivity contribution in [2.24, 2.45) is 29.1 Å². The minimum atomic E-state index is -0.937. The lowest BCUT2D eigenvalue weighted by atomic mass is 9.88. The summed E-state index contributed by atoms with van der Waals surface area (Å²) >= 11 is 1.35. The van der Waals surface area contributed by atoms with Gasteiger partial charge < -0.3 is 26.3 Å². The molecule has 0 bridgehead atoms. The molecule has 0 unspecified atom stereocenters. The lowest BCUT2D eigenvalue weighted by molar-refractivity contribution is 0.0288. The molecule has 1 aromatic carbocycles. The van der Waals surface area contributed by atoms with Crippen LogP contribution in [-0.2, 0) is 6.54 Å². The number of hydrogen-bond donors (Lipinski definition) is 4. The molecule has 0 atom stereocenters. The number of amides is 1. The summed E-state index contributed by atoms with van der Waals surface area (Å²) < 4.78 is 6.07. The van der Waals surface area contributed by atoms with Crippen molar-refractivity contribution in [2.45, 2.75) is 37.8 Å². The van der Waals surface area contributed by atoms with Crippen molar-refractivity contribution in [1.82, 2.24) is 9.99 Å². The van der Waals surface area contributed by atoms with Gasteiger partial charge in [0.2, 0.25) is 5.88 Å². The lowest BCUT2D eigenvalue weighted by Crippen LogP contribution is -2.42. The molecule has 5 rings (SSSR count). The van der Waals surface area contributed by atoms with E-state index in [0.717, 1.165) is 52.5 Å². The third-order valence-corrected chi connectivity index (χ3v) is 7.91. The first-order chi connectivity index (χ1) is 16.3. The molecular formula is C25H29N5O3S. The van der Waals surface area contributed by atoms with E-state index >= 15 is 0 Å². The zero-order chi connectivity index (χ0) is 24.0. The Labute approximate surface area is 202 Å². The first kappa shape index (κ1) is 22.6. The van der Waals surface area contributed by atoms with Crippen LogP contribution >= 0.6 is 11.3 Å². The lowest BCUT2D eigenvalue weighted by Gasteiger charge is -2.30. The van der Waals surface area contributed by atoms with E-state index in [1.807, 2.05) is 24.3 Å². The highest BCUT2D eigenvalue weighted by atomic mass is 32.1. The zero-order valence-electron chi connectivity index (χ0n) is 19.0. The molecule has 2 saturated carbocycles. The van der Waals surface area contributed by atoms with Gasteiger partial charge in [0.05, 0.1) is 19.4 Å². The molecule has 0 radical (unpaired) electrons. The van der Waals surface area contributed by atoms with Crippen LogP contribution < -0.4 is 22.0 Å². The van der Waals surface area contributed by atoms with E-state index in [0.29, 0.717) is 23.0 Å². The van der Waals surface area contributed by atoms with Gasteiger partial charge in [0, 0.05) is 39.7 Å². The molecule has 2 fully saturated rings. The van der Waals surface area contributed by atoms with Crippen LogP contribution in [0.1, 0.15) is 40.9 Å². The summed E-state index contributed by atoms with van der Waals surface area (Å²) in [6, 6.07) is 9.57. The Kier molecular flexibility index (Phi) is 5.71. The smallest absolute Gasteiger partial charge is 0.259 e. The average molecular weight is 480 g/mol. The fraction of sp³-hybridized carbons (Fsp3) is 0.360. The maximum Gasteiger partial charge on any atom is 0.259 e. The summed E-state index contributed by atoms with van der Waals surface area (Å²) in [5, 5.41) is 13.6. The molecule has 0 spiro atoms. The number of nitrogens with two attached hydrogens (primary N) is 3. The number of fused-ring (bicyclic) bond motifs is 1. The normalized spacial score (nSPS) is 16.6. The van der Waals surface area contributed by atoms with Crippen molar-refractivity contribution < 1.29 is 14.6 Å². The van der Waals surface area contributed by atoms with Gasteiger partial charge in [0.1, 0.15) is 10.5 Å². The third kappa shape index (κ3) is 4.11. The summed E-state index contributed by atoms with van der Waals surface area (Å²) in [5.41, 5.74) is 14.1. The number of ether oxygens (including phenoxy) is 1. The topological polar surface area (TPSA) is 141 Å². The predicted octanol–water partition coefficient (Wildman–Crippen LogP) is 3.10. The molecule has 1 amide bonds. The average Bonchev–Trinajstić information content (AvgIpc) is 3.74. The number of aromatic nitrogens is 1. The molecule has 34 heavy (non-hydrogen) atoms. The number of primary amides is 1. The number of carbonyl (C=O) groups is 1. The summed E-state index contributed by atoms with van der Waals surface area (Å²) in [4.78, 5) is 16.9. The van der Waals surface area contributed by atoms with E-state index in [1.54, 1.807) is 25.6 Å². The van der Waals surface area contributed by atoms with Crippen LogP contribution in [0, 0.1) is 11.8 Å². The second-order valence-electron chi connectivity index (χ2n) is 9.22. The van der Waals surface area contributed by atoms with Crippen LogP contribution in [0.5, 0.6) is 5.88 Å². The highest BCUT2D eigenvalue weighted by Gasteiger charge is 2.55. The standard InChI is InChI=1S/C25H29N5O3S/c1-33-21-9-3-15(11-29-21)22-18-8-2-14(10-19(18)34-23(22)24(27)31)12-30(28)13-20(26)25(32,16-4-5-16)17-6-7-17/h2-3,8-11,13,16-17,32H,4-7,12,26,28H2,1H3,(H2,27,31)/b20-13-. The number of rotatable bonds is 9. The van der Waals surface area contributed by atoms with Crippen molar-refractivity contribution >= 4 is 27.3 Å². The van der Waals surface area contributed by atoms with Gasteiger partial charge in [-0.05, 0) is 55.2 Å². The predicted molar refractivity (Wildman–Crippen MR) is 133 cm³/mol. The van der Waals surface area contributed by atoms with Crippen LogP contribution in [0.15, 0.2) is 48.4 Å². The van der Waals surface area contributed by atoms with Crippen molar-refractivity contribution in [3.8, 4) is 17.0 Å². The Balaban J connectivity index is 1.42. The van der Waals surface area contributed by atoms with Gasteiger partial charge in [0.15, 0.2) is 0 Å². The van der Waals surface area contributed by atoms with Crippen LogP contribution in [-0.4, -0.2) is 33.7 Å². The second kappa shape index (κ2) is 8.57. The van der Waals surface area contributed by atoms with E-state index in [1.165, 1.54) is 16.3 Å². The Morgan fingerprint density at radius 2 is 1.94 bits per heavy atom. The van der Waals surface area contributed by atoms with Crippen LogP contribution in [0.4, 0.5) is 0 Å². The maximum atomic E-state index is 12.2. The van der Waals surface area contributed by atoms with E-state index in [2.05, 4.69) is 4.98 Å². The largest absolute Gasteiger partial charge is 0.481 e. The molecule has 0 aliphatic heterocycles. The SMILES string of the molecule is COc1ccc(-c2c(C(N)=O)sc3cc(CN(N)/C=C(\N)C(O)(C4CC4)C4CC4)ccc23)cn1. The Morgan fingerprint density at radius 1 is 1.24 bits per heavy atom. The molecule has 2 heterocycles. The summed E-state index contributed by atoms with van der Waals surface area (Å²) in [5.74, 6) is 6.76. The van der Waals surface area contributed by atoms with Gasteiger partial charge in [-0.3, -0.25) is 4.79 Å². The maximum absolute atomic E-state index is 12.2. The summed E-state index contributed by atoms with van der Waals surface area (Å²) in [7, 11) is 1.56. The van der Waals surface area contributed by atoms with E-state index in [9.17, 15) is 9.90 Å². The first-order valence-corrected chi connectivity index (χ1v) is 12.2. The number of aliphatic hydroxyl groups is 1. The highest BCUT2D eigenvalue weighted by Crippen LogP contribution is 2.54. The number of benzene rings is 1. The first-order valence-electron chi connectivity index (χ1n) is 11.4. The van der Waals surface area contributed by atoms with E-state index in [-0.39, 0.29) is 11.8 Å². The number of carbonyl (C=O) groups excluding carboxylic acids is 1. The number of pyridine rings is 1. The summed E-state index contributed by atoms with van der Waals surface area (Å²) in [6.45, 7) is 0.408. The fourth-order valence-corrected chi connectivity index (χ4v) is 5.88. The summed E-state index contributed by atoms with van der Waals surface area (Å²) in [6.07, 6.45) is 7.38. The zero-order valence-corrected chi connectivity index (χ0v) is 19.8. The quantitative estimate of drug-likeness (QED) is 0.273. The van der Waals surface area contributed by atoms with E-state index < -0.39 is 11.5 Å². The molecular weight excluding hydrogens is 450 g/mol. The molecule has 178 valence electrons. The fourth-order valence-electron chi connectivity index (χ4n) is 4.74. The molecule has 2 aliphatic rings. The molecule has 2 aliphatic carbocycles. The third-order valence-electron chi connectivity index (χ3n) is 6.74. The van der Waals surface area contributed by atoms with Gasteiger partial charge in [-0.1, -0.05) is 12.1 Å². The second-order valence-corrected chi connectivity index (χ2v) is 10.3. The molecule has 7 N–H and O–H groups in total. The van der Waals surface area contributed by atoms with Crippen molar-refractivity contribution in [3.05, 3.63) is 58.9 Å². The van der Waals surface area contributed by atoms with Gasteiger partial charge in [-0.25, -0.2) is 10.8 Å². The Bertz CT molecular complexity index is 1250. The Morgan fingerprint density at radius 3 is 2.50 bits per heavy atom. The van der Waals surface area contributed by atoms with Crippen LogP contribution in [0.25, 0.3) is 21.2 Å². The number of nitrogens with zero attached hydrogens (tertiary/aromatic N) is 2. The molecule has 0 saturated heterocycles. The van der Waals surface area contributed by atoms with E-state index in [4.69, 9.17) is 22.0 Å². The van der Waals surface area contributed by atoms with Crippen molar-refractivity contribution in [3.63, 3.8) is 0 Å². The number of methoxy groups -OCH3 is 1. The van der Waals surface area contributed by atoms with Gasteiger partial charge in [-0.2, -0.15) is 0 Å². The number of thiophene rings is 1. The van der Waals surface area contributed by atoms with Gasteiger partial charge in [-0.15, -0.1) is 11.3 Å². The van der Waals surface area contributed by atoms with Gasteiger partial charge in [0.25, 0.3) is 5.91 Å². The minimum absolute atomic E-state index is 0.241. The molecule has 2 aromatic heterocycles. The van der Waals surface area contributed by atoms with Crippen molar-refractivity contribution in [1.29, 1.82) is 0 Å². The Hall–Kier alpha value is -3.14. The van der Waals surface area contributed by atoms with Crippen molar-refractivity contribution in [2.75, 3.05) is 7.11 Å². The highest BCUT2D eigenvalue weighted by molar-refractivity contribution is 7.21. The monoisotopic (exact) mass is 479 g/mol.